The highest BCUT2D eigenvalue weighted by Gasteiger charge is 2.15. The van der Waals surface area contributed by atoms with Crippen LogP contribution in [-0.2, 0) is 4.79 Å². The van der Waals surface area contributed by atoms with Crippen molar-refractivity contribution in [2.75, 3.05) is 17.2 Å². The van der Waals surface area contributed by atoms with Crippen molar-refractivity contribution in [3.63, 3.8) is 0 Å². The molecule has 0 aliphatic rings. The lowest BCUT2D eigenvalue weighted by Gasteiger charge is -2.09. The second kappa shape index (κ2) is 6.95. The number of halogens is 3. The number of hydrogen-bond acceptors (Lipinski definition) is 3. The molecule has 120 valence electrons. The van der Waals surface area contributed by atoms with Gasteiger partial charge in [-0.05, 0) is 43.3 Å². The van der Waals surface area contributed by atoms with Crippen molar-refractivity contribution in [2.24, 2.45) is 0 Å². The van der Waals surface area contributed by atoms with Crippen LogP contribution in [0.3, 0.4) is 0 Å². The molecular formula is C16H13F3N2O2. The Hall–Kier alpha value is -2.83. The highest BCUT2D eigenvalue weighted by molar-refractivity contribution is 5.95. The average Bonchev–Trinajstić information content (AvgIpc) is 2.54. The molecule has 23 heavy (non-hydrogen) atoms. The van der Waals surface area contributed by atoms with Crippen LogP contribution in [0.15, 0.2) is 36.4 Å². The number of carbonyl (C=O) groups is 2. The zero-order valence-corrected chi connectivity index (χ0v) is 12.1. The lowest BCUT2D eigenvalue weighted by molar-refractivity contribution is -0.114. The normalized spacial score (nSPS) is 10.3. The smallest absolute Gasteiger partial charge is 0.243 e. The van der Waals surface area contributed by atoms with Crippen LogP contribution in [0.5, 0.6) is 0 Å². The van der Waals surface area contributed by atoms with Crippen LogP contribution < -0.4 is 10.6 Å². The molecule has 0 aliphatic heterocycles. The number of rotatable bonds is 5. The van der Waals surface area contributed by atoms with E-state index in [4.69, 9.17) is 0 Å². The maximum atomic E-state index is 13.4. The minimum atomic E-state index is -1.64. The van der Waals surface area contributed by atoms with E-state index >= 15 is 0 Å². The third kappa shape index (κ3) is 4.09. The summed E-state index contributed by atoms with van der Waals surface area (Å²) in [5, 5.41) is 4.90. The van der Waals surface area contributed by atoms with Crippen LogP contribution in [-0.4, -0.2) is 18.2 Å². The van der Waals surface area contributed by atoms with Crippen molar-refractivity contribution < 1.29 is 22.8 Å². The van der Waals surface area contributed by atoms with Crippen molar-refractivity contribution in [1.29, 1.82) is 0 Å². The maximum Gasteiger partial charge on any atom is 0.243 e. The predicted molar refractivity (Wildman–Crippen MR) is 79.9 cm³/mol. The van der Waals surface area contributed by atoms with Crippen molar-refractivity contribution in [3.05, 3.63) is 59.4 Å². The van der Waals surface area contributed by atoms with Crippen LogP contribution in [0.2, 0.25) is 0 Å². The molecule has 0 heterocycles. The molecule has 0 bridgehead atoms. The van der Waals surface area contributed by atoms with Gasteiger partial charge in [0.15, 0.2) is 23.2 Å². The number of ketones is 1. The summed E-state index contributed by atoms with van der Waals surface area (Å²) in [6.07, 6.45) is 0. The molecule has 2 aromatic rings. The summed E-state index contributed by atoms with van der Waals surface area (Å²) in [5.41, 5.74) is 0.669. The van der Waals surface area contributed by atoms with E-state index in [0.29, 0.717) is 11.3 Å². The first-order chi connectivity index (χ1) is 10.9. The molecule has 1 amide bonds. The Morgan fingerprint density at radius 3 is 2.22 bits per heavy atom. The molecule has 2 aromatic carbocycles. The van der Waals surface area contributed by atoms with Gasteiger partial charge in [-0.2, -0.15) is 0 Å². The van der Waals surface area contributed by atoms with Gasteiger partial charge in [0.2, 0.25) is 5.91 Å². The Balaban J connectivity index is 1.95. The molecule has 2 rings (SSSR count). The van der Waals surface area contributed by atoms with E-state index in [9.17, 15) is 22.8 Å². The molecular weight excluding hydrogens is 309 g/mol. The van der Waals surface area contributed by atoms with Gasteiger partial charge in [-0.3, -0.25) is 9.59 Å². The Morgan fingerprint density at radius 2 is 1.61 bits per heavy atom. The lowest BCUT2D eigenvalue weighted by Crippen LogP contribution is -2.22. The van der Waals surface area contributed by atoms with Crippen LogP contribution in [0.4, 0.5) is 24.5 Å². The standard InChI is InChI=1S/C16H13F3N2O2/c1-9(22)10-2-4-11(5-3-10)20-8-14(23)21-13-7-6-12(17)15(18)16(13)19/h2-7,20H,8H2,1H3,(H,21,23). The van der Waals surface area contributed by atoms with Gasteiger partial charge < -0.3 is 10.6 Å². The van der Waals surface area contributed by atoms with Gasteiger partial charge in [0.05, 0.1) is 12.2 Å². The Kier molecular flexibility index (Phi) is 5.00. The summed E-state index contributed by atoms with van der Waals surface area (Å²) < 4.78 is 39.3. The number of hydrogen-bond donors (Lipinski definition) is 2. The van der Waals surface area contributed by atoms with Crippen molar-refractivity contribution in [3.8, 4) is 0 Å². The fourth-order valence-electron chi connectivity index (χ4n) is 1.82. The van der Waals surface area contributed by atoms with Gasteiger partial charge in [0.25, 0.3) is 0 Å². The number of amides is 1. The zero-order valence-electron chi connectivity index (χ0n) is 12.1. The number of Topliss-reactive ketones (excluding diaryl/α,β-unsaturated/α-hetero) is 1. The van der Waals surface area contributed by atoms with E-state index in [1.165, 1.54) is 6.92 Å². The number of nitrogens with one attached hydrogen (secondary N) is 2. The summed E-state index contributed by atoms with van der Waals surface area (Å²) in [6, 6.07) is 8.08. The number of benzene rings is 2. The Labute approximate surface area is 130 Å². The molecule has 7 heteroatoms. The van der Waals surface area contributed by atoms with Gasteiger partial charge in [-0.25, -0.2) is 13.2 Å². The fraction of sp³-hybridized carbons (Fsp3) is 0.125. The first-order valence-electron chi connectivity index (χ1n) is 6.66. The second-order valence-corrected chi connectivity index (χ2v) is 4.76. The van der Waals surface area contributed by atoms with Gasteiger partial charge in [0, 0.05) is 11.3 Å². The van der Waals surface area contributed by atoms with Crippen molar-refractivity contribution in [1.82, 2.24) is 0 Å². The molecule has 4 nitrogen and oxygen atoms in total. The van der Waals surface area contributed by atoms with E-state index in [1.54, 1.807) is 24.3 Å². The van der Waals surface area contributed by atoms with E-state index in [1.807, 2.05) is 0 Å². The Bertz CT molecular complexity index is 746. The van der Waals surface area contributed by atoms with E-state index in [0.717, 1.165) is 12.1 Å². The lowest BCUT2D eigenvalue weighted by atomic mass is 10.1. The van der Waals surface area contributed by atoms with Gasteiger partial charge >= 0.3 is 0 Å². The topological polar surface area (TPSA) is 58.2 Å². The molecule has 0 atom stereocenters. The summed E-state index contributed by atoms with van der Waals surface area (Å²) in [6.45, 7) is 1.23. The summed E-state index contributed by atoms with van der Waals surface area (Å²) in [5.74, 6) is -5.14. The third-order valence-corrected chi connectivity index (χ3v) is 3.05. The van der Waals surface area contributed by atoms with Gasteiger partial charge in [-0.15, -0.1) is 0 Å². The van der Waals surface area contributed by atoms with E-state index in [-0.39, 0.29) is 12.3 Å². The highest BCUT2D eigenvalue weighted by Crippen LogP contribution is 2.19. The highest BCUT2D eigenvalue weighted by atomic mass is 19.2. The van der Waals surface area contributed by atoms with Gasteiger partial charge in [-0.1, -0.05) is 0 Å². The minimum absolute atomic E-state index is 0.0805. The molecule has 0 saturated heterocycles. The molecule has 0 unspecified atom stereocenters. The first kappa shape index (κ1) is 16.5. The Morgan fingerprint density at radius 1 is 0.957 bits per heavy atom. The average molecular weight is 322 g/mol. The molecule has 0 spiro atoms. The van der Waals surface area contributed by atoms with Crippen LogP contribution in [0, 0.1) is 17.5 Å². The molecule has 0 saturated carbocycles. The van der Waals surface area contributed by atoms with Gasteiger partial charge in [0.1, 0.15) is 0 Å². The second-order valence-electron chi connectivity index (χ2n) is 4.76. The number of carbonyl (C=O) groups excluding carboxylic acids is 2. The zero-order chi connectivity index (χ0) is 17.0. The molecule has 0 fully saturated rings. The van der Waals surface area contributed by atoms with Crippen molar-refractivity contribution in [2.45, 2.75) is 6.92 Å². The summed E-state index contributed by atoms with van der Waals surface area (Å²) in [7, 11) is 0. The van der Waals surface area contributed by atoms with Crippen LogP contribution >= 0.6 is 0 Å². The molecule has 0 aromatic heterocycles. The summed E-state index contributed by atoms with van der Waals surface area (Å²) >= 11 is 0. The van der Waals surface area contributed by atoms with Crippen LogP contribution in [0.25, 0.3) is 0 Å². The largest absolute Gasteiger partial charge is 0.376 e. The van der Waals surface area contributed by atoms with Crippen LogP contribution in [0.1, 0.15) is 17.3 Å². The fourth-order valence-corrected chi connectivity index (χ4v) is 1.82. The van der Waals surface area contributed by atoms with Crippen molar-refractivity contribution >= 4 is 23.1 Å². The SMILES string of the molecule is CC(=O)c1ccc(NCC(=O)Nc2ccc(F)c(F)c2F)cc1. The third-order valence-electron chi connectivity index (χ3n) is 3.05. The van der Waals surface area contributed by atoms with E-state index < -0.39 is 29.0 Å². The number of anilines is 2. The predicted octanol–water partition coefficient (Wildman–Crippen LogP) is 3.36. The quantitative estimate of drug-likeness (QED) is 0.655. The summed E-state index contributed by atoms with van der Waals surface area (Å²) in [4.78, 5) is 22.8. The van der Waals surface area contributed by atoms with E-state index in [2.05, 4.69) is 10.6 Å². The maximum absolute atomic E-state index is 13.4. The monoisotopic (exact) mass is 322 g/mol. The minimum Gasteiger partial charge on any atom is -0.376 e. The first-order valence-corrected chi connectivity index (χ1v) is 6.66. The molecule has 2 N–H and O–H groups in total. The molecule has 0 aliphatic carbocycles. The molecule has 0 radical (unpaired) electrons.